The molecule has 2 aromatic rings. The van der Waals surface area contributed by atoms with Crippen LogP contribution in [0.25, 0.3) is 0 Å². The highest BCUT2D eigenvalue weighted by Gasteiger charge is 2.52. The lowest BCUT2D eigenvalue weighted by Gasteiger charge is -2.52. The van der Waals surface area contributed by atoms with Gasteiger partial charge in [-0.2, -0.15) is 0 Å². The number of aromatic nitrogens is 1. The number of hydrogen-bond donors (Lipinski definition) is 2. The highest BCUT2D eigenvalue weighted by Crippen LogP contribution is 2.42. The van der Waals surface area contributed by atoms with E-state index >= 15 is 0 Å². The third-order valence-electron chi connectivity index (χ3n) is 8.21. The van der Waals surface area contributed by atoms with Crippen molar-refractivity contribution in [1.29, 1.82) is 0 Å². The van der Waals surface area contributed by atoms with E-state index in [9.17, 15) is 14.7 Å². The maximum atomic E-state index is 13.7. The van der Waals surface area contributed by atoms with Crippen molar-refractivity contribution in [3.63, 3.8) is 0 Å². The smallest absolute Gasteiger partial charge is 0.343 e. The average Bonchev–Trinajstić information content (AvgIpc) is 3.37. The lowest BCUT2D eigenvalue weighted by Crippen LogP contribution is -2.66. The zero-order chi connectivity index (χ0) is 23.6. The molecule has 8 nitrogen and oxygen atoms in total. The van der Waals surface area contributed by atoms with Crippen LogP contribution < -0.4 is 5.32 Å². The van der Waals surface area contributed by atoms with Crippen molar-refractivity contribution in [2.45, 2.75) is 56.7 Å². The first-order chi connectivity index (χ1) is 16.5. The van der Waals surface area contributed by atoms with Gasteiger partial charge in [0.2, 0.25) is 0 Å². The number of benzene rings is 1. The molecular formula is C26H34N3O5+. The summed E-state index contributed by atoms with van der Waals surface area (Å²) < 4.78 is 11.5. The fourth-order valence-corrected chi connectivity index (χ4v) is 6.30. The molecule has 0 radical (unpaired) electrons. The quantitative estimate of drug-likeness (QED) is 0.478. The van der Waals surface area contributed by atoms with E-state index in [-0.39, 0.29) is 23.8 Å². The molecule has 6 rings (SSSR count). The number of aliphatic hydroxyl groups is 1. The van der Waals surface area contributed by atoms with Crippen LogP contribution in [0.5, 0.6) is 0 Å². The van der Waals surface area contributed by atoms with Gasteiger partial charge in [-0.25, -0.2) is 4.79 Å². The molecule has 3 saturated heterocycles. The highest BCUT2D eigenvalue weighted by molar-refractivity contribution is 5.90. The number of nitrogens with zero attached hydrogens (tertiary/aromatic N) is 2. The number of nitrogens with one attached hydrogen (secondary N) is 1. The number of hydrogen-bond acceptors (Lipinski definition) is 6. The molecule has 34 heavy (non-hydrogen) atoms. The normalized spacial score (nSPS) is 28.7. The summed E-state index contributed by atoms with van der Waals surface area (Å²) in [6.45, 7) is 2.67. The van der Waals surface area contributed by atoms with Crippen LogP contribution in [0.2, 0.25) is 0 Å². The molecular weight excluding hydrogens is 434 g/mol. The molecule has 1 aromatic heterocycles. The molecule has 1 amide bonds. The Balaban J connectivity index is 1.31. The molecule has 3 aliphatic heterocycles. The van der Waals surface area contributed by atoms with Gasteiger partial charge in [0.1, 0.15) is 12.8 Å². The standard InChI is InChI=1S/C26H33N3O5/c30-24(27-23-13-16-33-28-23)18-29-14-11-19(12-15-29)22(17-29)34-25(31)26(32,20-7-3-1-4-8-20)21-9-5-2-6-10-21/h1,3-4,7-8,13,16,19,21-22,32H,2,5-6,9-12,14-15,17-18H2/p+1/t19?,22-,26?,29?/m0/s1. The van der Waals surface area contributed by atoms with Crippen molar-refractivity contribution in [3.05, 3.63) is 48.2 Å². The molecule has 0 spiro atoms. The van der Waals surface area contributed by atoms with E-state index in [0.29, 0.717) is 29.0 Å². The summed E-state index contributed by atoms with van der Waals surface area (Å²) in [5.41, 5.74) is -1.02. The number of esters is 1. The number of amides is 1. The van der Waals surface area contributed by atoms with Gasteiger partial charge in [-0.05, 0) is 18.4 Å². The second kappa shape index (κ2) is 9.50. The first-order valence-electron chi connectivity index (χ1n) is 12.5. The minimum Gasteiger partial charge on any atom is -0.454 e. The Morgan fingerprint density at radius 1 is 1.09 bits per heavy atom. The van der Waals surface area contributed by atoms with E-state index in [0.717, 1.165) is 58.0 Å². The number of carbonyl (C=O) groups is 2. The molecule has 2 bridgehead atoms. The number of piperidine rings is 3. The zero-order valence-electron chi connectivity index (χ0n) is 19.5. The minimum absolute atomic E-state index is 0.123. The molecule has 1 unspecified atom stereocenters. The second-order valence-electron chi connectivity index (χ2n) is 10.3. The van der Waals surface area contributed by atoms with E-state index in [1.165, 1.54) is 6.26 Å². The molecule has 2 N–H and O–H groups in total. The first kappa shape index (κ1) is 23.1. The molecule has 1 aliphatic carbocycles. The van der Waals surface area contributed by atoms with Crippen LogP contribution in [0.3, 0.4) is 0 Å². The van der Waals surface area contributed by atoms with Crippen molar-refractivity contribution in [1.82, 2.24) is 5.16 Å². The van der Waals surface area contributed by atoms with Crippen LogP contribution in [0.15, 0.2) is 47.2 Å². The number of fused-ring (bicyclic) bond motifs is 3. The lowest BCUT2D eigenvalue weighted by atomic mass is 9.73. The van der Waals surface area contributed by atoms with E-state index < -0.39 is 11.6 Å². The summed E-state index contributed by atoms with van der Waals surface area (Å²) in [5.74, 6) is -0.127. The molecule has 2 atom stereocenters. The van der Waals surface area contributed by atoms with Crippen molar-refractivity contribution in [2.75, 3.05) is 31.5 Å². The predicted molar refractivity (Wildman–Crippen MR) is 124 cm³/mol. The predicted octanol–water partition coefficient (Wildman–Crippen LogP) is 3.23. The lowest BCUT2D eigenvalue weighted by molar-refractivity contribution is -0.939. The van der Waals surface area contributed by atoms with Crippen molar-refractivity contribution in [2.24, 2.45) is 11.8 Å². The molecule has 4 heterocycles. The fourth-order valence-electron chi connectivity index (χ4n) is 6.30. The Hall–Kier alpha value is -2.71. The summed E-state index contributed by atoms with van der Waals surface area (Å²) in [5, 5.41) is 18.4. The Kier molecular flexibility index (Phi) is 6.44. The third-order valence-corrected chi connectivity index (χ3v) is 8.21. The maximum absolute atomic E-state index is 13.7. The van der Waals surface area contributed by atoms with E-state index in [2.05, 4.69) is 10.5 Å². The van der Waals surface area contributed by atoms with Crippen LogP contribution in [0, 0.1) is 11.8 Å². The monoisotopic (exact) mass is 468 g/mol. The maximum Gasteiger partial charge on any atom is 0.343 e. The van der Waals surface area contributed by atoms with Gasteiger partial charge in [0.05, 0.1) is 13.1 Å². The molecule has 1 aromatic carbocycles. The van der Waals surface area contributed by atoms with Gasteiger partial charge >= 0.3 is 5.97 Å². The van der Waals surface area contributed by atoms with Gasteiger partial charge < -0.3 is 24.2 Å². The number of carbonyl (C=O) groups excluding carboxylic acids is 2. The van der Waals surface area contributed by atoms with Gasteiger partial charge in [0, 0.05) is 30.7 Å². The van der Waals surface area contributed by atoms with Crippen LogP contribution in [0.1, 0.15) is 50.5 Å². The number of quaternary nitrogens is 1. The molecule has 1 saturated carbocycles. The van der Waals surface area contributed by atoms with Gasteiger partial charge in [0.25, 0.3) is 5.91 Å². The highest BCUT2D eigenvalue weighted by atomic mass is 16.6. The van der Waals surface area contributed by atoms with E-state index in [1.807, 2.05) is 30.3 Å². The summed E-state index contributed by atoms with van der Waals surface area (Å²) in [7, 11) is 0. The van der Waals surface area contributed by atoms with Gasteiger partial charge in [0.15, 0.2) is 24.1 Å². The average molecular weight is 469 g/mol. The molecule has 4 fully saturated rings. The summed E-state index contributed by atoms with van der Waals surface area (Å²) in [6, 6.07) is 10.9. The van der Waals surface area contributed by atoms with E-state index in [1.54, 1.807) is 6.07 Å². The zero-order valence-corrected chi connectivity index (χ0v) is 19.5. The van der Waals surface area contributed by atoms with Crippen LogP contribution in [-0.4, -0.2) is 58.9 Å². The number of anilines is 1. The number of ether oxygens (including phenoxy) is 1. The van der Waals surface area contributed by atoms with Gasteiger partial charge in [-0.3, -0.25) is 4.79 Å². The fraction of sp³-hybridized carbons (Fsp3) is 0.577. The first-order valence-corrected chi connectivity index (χ1v) is 12.5. The van der Waals surface area contributed by atoms with Crippen LogP contribution >= 0.6 is 0 Å². The van der Waals surface area contributed by atoms with Crippen LogP contribution in [-0.2, 0) is 19.9 Å². The van der Waals surface area contributed by atoms with Crippen molar-refractivity contribution in [3.8, 4) is 0 Å². The summed E-state index contributed by atoms with van der Waals surface area (Å²) in [6.07, 6.45) is 7.73. The Labute approximate surface area is 199 Å². The topological polar surface area (TPSA) is 102 Å². The Bertz CT molecular complexity index is 981. The molecule has 8 heteroatoms. The van der Waals surface area contributed by atoms with E-state index in [4.69, 9.17) is 9.26 Å². The Morgan fingerprint density at radius 3 is 2.50 bits per heavy atom. The van der Waals surface area contributed by atoms with Crippen molar-refractivity contribution < 1.29 is 28.4 Å². The van der Waals surface area contributed by atoms with Crippen molar-refractivity contribution >= 4 is 17.7 Å². The summed E-state index contributed by atoms with van der Waals surface area (Å²) in [4.78, 5) is 26.4. The van der Waals surface area contributed by atoms with Gasteiger partial charge in [-0.1, -0.05) is 54.8 Å². The molecule has 4 aliphatic rings. The van der Waals surface area contributed by atoms with Crippen LogP contribution in [0.4, 0.5) is 5.82 Å². The summed E-state index contributed by atoms with van der Waals surface area (Å²) >= 11 is 0. The third kappa shape index (κ3) is 4.49. The largest absolute Gasteiger partial charge is 0.454 e. The second-order valence-corrected chi connectivity index (χ2v) is 10.3. The minimum atomic E-state index is -1.64. The Morgan fingerprint density at radius 2 is 1.82 bits per heavy atom. The van der Waals surface area contributed by atoms with Gasteiger partial charge in [-0.15, -0.1) is 0 Å². The number of rotatable bonds is 7. The SMILES string of the molecule is O=C(C[N+]12CCC(CC1)[C@@H](OC(=O)C(O)(c1ccccc1)C1CCCCC1)C2)Nc1ccon1. The molecule has 182 valence electrons.